The minimum Gasteiger partial charge on any atom is -0.334 e. The quantitative estimate of drug-likeness (QED) is 0.894. The zero-order chi connectivity index (χ0) is 14.8. The van der Waals surface area contributed by atoms with Crippen LogP contribution in [0.5, 0.6) is 0 Å². The van der Waals surface area contributed by atoms with Crippen molar-refractivity contribution < 1.29 is 13.2 Å². The van der Waals surface area contributed by atoms with E-state index in [0.717, 1.165) is 5.56 Å². The summed E-state index contributed by atoms with van der Waals surface area (Å²) in [5.74, 6) is 0.152. The van der Waals surface area contributed by atoms with Crippen LogP contribution in [0.1, 0.15) is 24.9 Å². The van der Waals surface area contributed by atoms with Gasteiger partial charge in [-0.3, -0.25) is 0 Å². The van der Waals surface area contributed by atoms with Gasteiger partial charge in [0.2, 0.25) is 0 Å². The molecule has 2 atom stereocenters. The number of urea groups is 1. The first-order valence-corrected chi connectivity index (χ1v) is 8.59. The third-order valence-electron chi connectivity index (χ3n) is 3.29. The van der Waals surface area contributed by atoms with Crippen molar-refractivity contribution in [2.45, 2.75) is 25.4 Å². The second-order valence-electron chi connectivity index (χ2n) is 4.96. The van der Waals surface area contributed by atoms with Crippen LogP contribution in [-0.4, -0.2) is 32.0 Å². The average Bonchev–Trinajstić information content (AvgIpc) is 2.68. The standard InChI is InChI=1S/C13H17ClN2O3S/c1-9(11-4-2-3-5-12(11)14)15-13(17)16-10-6-7-20(18,19)8-10/h2-5,9-10H,6-8H2,1H3,(H2,15,16,17)/t9-,10-/m0/s1. The van der Waals surface area contributed by atoms with Gasteiger partial charge in [-0.05, 0) is 25.0 Å². The summed E-state index contributed by atoms with van der Waals surface area (Å²) in [6.45, 7) is 1.83. The molecule has 1 saturated heterocycles. The Morgan fingerprint density at radius 3 is 2.70 bits per heavy atom. The Hall–Kier alpha value is -1.27. The number of halogens is 1. The maximum Gasteiger partial charge on any atom is 0.315 e. The van der Waals surface area contributed by atoms with Crippen LogP contribution in [-0.2, 0) is 9.84 Å². The number of amides is 2. The Balaban J connectivity index is 1.90. The molecule has 1 aromatic rings. The fraction of sp³-hybridized carbons (Fsp3) is 0.462. The highest BCUT2D eigenvalue weighted by molar-refractivity contribution is 7.91. The highest BCUT2D eigenvalue weighted by Gasteiger charge is 2.29. The zero-order valence-electron chi connectivity index (χ0n) is 11.1. The first-order valence-electron chi connectivity index (χ1n) is 6.39. The van der Waals surface area contributed by atoms with Crippen molar-refractivity contribution in [1.82, 2.24) is 10.6 Å². The van der Waals surface area contributed by atoms with Crippen molar-refractivity contribution in [3.8, 4) is 0 Å². The molecular formula is C13H17ClN2O3S. The van der Waals surface area contributed by atoms with Crippen LogP contribution >= 0.6 is 11.6 Å². The molecule has 1 aromatic carbocycles. The van der Waals surface area contributed by atoms with Gasteiger partial charge in [-0.2, -0.15) is 0 Å². The molecule has 0 bridgehead atoms. The van der Waals surface area contributed by atoms with Crippen LogP contribution in [0.25, 0.3) is 0 Å². The molecule has 0 aliphatic carbocycles. The molecule has 1 aliphatic rings. The van der Waals surface area contributed by atoms with Gasteiger partial charge < -0.3 is 10.6 Å². The molecule has 20 heavy (non-hydrogen) atoms. The number of hydrogen-bond acceptors (Lipinski definition) is 3. The Bertz CT molecular complexity index is 603. The molecule has 0 aromatic heterocycles. The predicted octanol–water partition coefficient (Wildman–Crippen LogP) is 1.89. The van der Waals surface area contributed by atoms with E-state index in [9.17, 15) is 13.2 Å². The second kappa shape index (κ2) is 6.01. The molecule has 2 rings (SSSR count). The van der Waals surface area contributed by atoms with E-state index in [1.165, 1.54) is 0 Å². The van der Waals surface area contributed by atoms with Gasteiger partial charge in [0.1, 0.15) is 0 Å². The monoisotopic (exact) mass is 316 g/mol. The van der Waals surface area contributed by atoms with Crippen molar-refractivity contribution in [2.24, 2.45) is 0 Å². The van der Waals surface area contributed by atoms with Gasteiger partial charge in [-0.15, -0.1) is 0 Å². The van der Waals surface area contributed by atoms with Crippen molar-refractivity contribution >= 4 is 27.5 Å². The number of nitrogens with one attached hydrogen (secondary N) is 2. The highest BCUT2D eigenvalue weighted by atomic mass is 35.5. The summed E-state index contributed by atoms with van der Waals surface area (Å²) < 4.78 is 22.6. The lowest BCUT2D eigenvalue weighted by atomic mass is 10.1. The van der Waals surface area contributed by atoms with Crippen molar-refractivity contribution in [1.29, 1.82) is 0 Å². The van der Waals surface area contributed by atoms with Crippen LogP contribution in [0.3, 0.4) is 0 Å². The van der Waals surface area contributed by atoms with E-state index in [1.54, 1.807) is 6.07 Å². The first-order chi connectivity index (χ1) is 9.37. The predicted molar refractivity (Wildman–Crippen MR) is 78.6 cm³/mol. The fourth-order valence-corrected chi connectivity index (χ4v) is 4.21. The molecule has 2 N–H and O–H groups in total. The first kappa shape index (κ1) is 15.1. The largest absolute Gasteiger partial charge is 0.334 e. The van der Waals surface area contributed by atoms with Gasteiger partial charge in [0.25, 0.3) is 0 Å². The lowest BCUT2D eigenvalue weighted by Gasteiger charge is -2.18. The molecule has 1 aliphatic heterocycles. The van der Waals surface area contributed by atoms with Gasteiger partial charge in [0, 0.05) is 11.1 Å². The summed E-state index contributed by atoms with van der Waals surface area (Å²) >= 11 is 6.06. The summed E-state index contributed by atoms with van der Waals surface area (Å²) in [6, 6.07) is 6.34. The number of hydrogen-bond donors (Lipinski definition) is 2. The smallest absolute Gasteiger partial charge is 0.315 e. The topological polar surface area (TPSA) is 75.3 Å². The third-order valence-corrected chi connectivity index (χ3v) is 5.40. The van der Waals surface area contributed by atoms with Gasteiger partial charge in [-0.1, -0.05) is 29.8 Å². The Kier molecular flexibility index (Phi) is 4.55. The molecule has 0 spiro atoms. The summed E-state index contributed by atoms with van der Waals surface area (Å²) in [5, 5.41) is 6.03. The molecule has 110 valence electrons. The number of carbonyl (C=O) groups is 1. The number of benzene rings is 1. The van der Waals surface area contributed by atoms with E-state index in [1.807, 2.05) is 25.1 Å². The van der Waals surface area contributed by atoms with Crippen molar-refractivity contribution in [3.63, 3.8) is 0 Å². The lowest BCUT2D eigenvalue weighted by molar-refractivity contribution is 0.235. The van der Waals surface area contributed by atoms with Crippen molar-refractivity contribution in [2.75, 3.05) is 11.5 Å². The maximum atomic E-state index is 11.8. The van der Waals surface area contributed by atoms with E-state index in [4.69, 9.17) is 11.6 Å². The SMILES string of the molecule is C[C@H](NC(=O)N[C@H]1CCS(=O)(=O)C1)c1ccccc1Cl. The normalized spacial score (nSPS) is 22.2. The average molecular weight is 317 g/mol. The highest BCUT2D eigenvalue weighted by Crippen LogP contribution is 2.22. The minimum absolute atomic E-state index is 0.0148. The van der Waals surface area contributed by atoms with E-state index >= 15 is 0 Å². The molecule has 0 unspecified atom stereocenters. The maximum absolute atomic E-state index is 11.8. The van der Waals surface area contributed by atoms with E-state index in [0.29, 0.717) is 11.4 Å². The zero-order valence-corrected chi connectivity index (χ0v) is 12.7. The Morgan fingerprint density at radius 1 is 1.40 bits per heavy atom. The van der Waals surface area contributed by atoms with Crippen molar-refractivity contribution in [3.05, 3.63) is 34.9 Å². The van der Waals surface area contributed by atoms with Crippen LogP contribution in [0, 0.1) is 0 Å². The van der Waals surface area contributed by atoms with Crippen LogP contribution in [0.15, 0.2) is 24.3 Å². The minimum atomic E-state index is -2.99. The van der Waals surface area contributed by atoms with Crippen LogP contribution in [0.4, 0.5) is 4.79 Å². The van der Waals surface area contributed by atoms with E-state index in [2.05, 4.69) is 10.6 Å². The molecule has 0 saturated carbocycles. The summed E-state index contributed by atoms with van der Waals surface area (Å²) in [4.78, 5) is 11.8. The summed E-state index contributed by atoms with van der Waals surface area (Å²) in [6.07, 6.45) is 0.468. The molecule has 7 heteroatoms. The lowest BCUT2D eigenvalue weighted by Crippen LogP contribution is -2.43. The summed E-state index contributed by atoms with van der Waals surface area (Å²) in [5.41, 5.74) is 0.823. The van der Waals surface area contributed by atoms with Gasteiger partial charge in [-0.25, -0.2) is 13.2 Å². The number of rotatable bonds is 3. The molecular weight excluding hydrogens is 300 g/mol. The van der Waals surface area contributed by atoms with E-state index < -0.39 is 9.84 Å². The van der Waals surface area contributed by atoms with E-state index in [-0.39, 0.29) is 29.6 Å². The summed E-state index contributed by atoms with van der Waals surface area (Å²) in [7, 11) is -2.99. The number of carbonyl (C=O) groups excluding carboxylic acids is 1. The Labute approximate surface area is 123 Å². The molecule has 5 nitrogen and oxygen atoms in total. The second-order valence-corrected chi connectivity index (χ2v) is 7.60. The molecule has 1 fully saturated rings. The van der Waals surface area contributed by atoms with Crippen LogP contribution in [0.2, 0.25) is 5.02 Å². The van der Waals surface area contributed by atoms with Gasteiger partial charge in [0.05, 0.1) is 17.5 Å². The molecule has 1 heterocycles. The van der Waals surface area contributed by atoms with Gasteiger partial charge >= 0.3 is 6.03 Å². The Morgan fingerprint density at radius 2 is 2.10 bits per heavy atom. The molecule has 2 amide bonds. The van der Waals surface area contributed by atoms with Gasteiger partial charge in [0.15, 0.2) is 9.84 Å². The fourth-order valence-electron chi connectivity index (χ4n) is 2.24. The van der Waals surface area contributed by atoms with Crippen LogP contribution < -0.4 is 10.6 Å². The third kappa shape index (κ3) is 3.86. The number of sulfone groups is 1. The molecule has 0 radical (unpaired) electrons.